The first-order valence-corrected chi connectivity index (χ1v) is 9.14. The van der Waals surface area contributed by atoms with E-state index in [1.807, 2.05) is 12.1 Å². The van der Waals surface area contributed by atoms with E-state index in [2.05, 4.69) is 39.0 Å². The lowest BCUT2D eigenvalue weighted by molar-refractivity contribution is -0.118. The van der Waals surface area contributed by atoms with Crippen LogP contribution in [0.5, 0.6) is 5.75 Å². The largest absolute Gasteiger partial charge is 0.497 e. The molecular weight excluding hydrogens is 300 g/mol. The molecule has 134 valence electrons. The highest BCUT2D eigenvalue weighted by Gasteiger charge is 2.38. The Morgan fingerprint density at radius 3 is 2.62 bits per heavy atom. The van der Waals surface area contributed by atoms with Gasteiger partial charge in [0, 0.05) is 6.61 Å². The summed E-state index contributed by atoms with van der Waals surface area (Å²) in [6.07, 6.45) is 7.78. The van der Waals surface area contributed by atoms with E-state index in [1.165, 1.54) is 11.1 Å². The number of rotatable bonds is 9. The second kappa shape index (κ2) is 9.24. The quantitative estimate of drug-likeness (QED) is 0.575. The minimum absolute atomic E-state index is 0.128. The molecule has 0 saturated carbocycles. The molecule has 24 heavy (non-hydrogen) atoms. The second-order valence-electron chi connectivity index (χ2n) is 6.75. The van der Waals surface area contributed by atoms with Gasteiger partial charge < -0.3 is 14.2 Å². The Morgan fingerprint density at radius 1 is 1.33 bits per heavy atom. The van der Waals surface area contributed by atoms with Crippen LogP contribution < -0.4 is 4.74 Å². The van der Waals surface area contributed by atoms with Crippen LogP contribution in [-0.2, 0) is 16.1 Å². The van der Waals surface area contributed by atoms with Crippen LogP contribution in [0, 0.1) is 0 Å². The van der Waals surface area contributed by atoms with E-state index in [0.717, 1.165) is 44.5 Å². The molecular formula is C21H32O3. The van der Waals surface area contributed by atoms with Crippen LogP contribution in [0.2, 0.25) is 0 Å². The van der Waals surface area contributed by atoms with Crippen molar-refractivity contribution in [1.29, 1.82) is 0 Å². The van der Waals surface area contributed by atoms with Crippen LogP contribution in [0.15, 0.2) is 35.9 Å². The van der Waals surface area contributed by atoms with Crippen molar-refractivity contribution < 1.29 is 14.2 Å². The monoisotopic (exact) mass is 332 g/mol. The summed E-state index contributed by atoms with van der Waals surface area (Å²) in [6, 6.07) is 8.10. The zero-order chi connectivity index (χ0) is 17.4. The van der Waals surface area contributed by atoms with Crippen molar-refractivity contribution >= 4 is 0 Å². The minimum atomic E-state index is -0.154. The summed E-state index contributed by atoms with van der Waals surface area (Å²) in [5.74, 6) is 0.877. The van der Waals surface area contributed by atoms with Gasteiger partial charge in [0.05, 0.1) is 25.4 Å². The molecule has 1 aromatic rings. The third-order valence-electron chi connectivity index (χ3n) is 5.13. The van der Waals surface area contributed by atoms with Gasteiger partial charge >= 0.3 is 0 Å². The molecule has 1 aromatic carbocycles. The molecule has 2 rings (SSSR count). The fourth-order valence-electron chi connectivity index (χ4n) is 3.38. The van der Waals surface area contributed by atoms with E-state index in [1.54, 1.807) is 7.11 Å². The molecule has 0 N–H and O–H groups in total. The average Bonchev–Trinajstić information content (AvgIpc) is 3.06. The minimum Gasteiger partial charge on any atom is -0.497 e. The van der Waals surface area contributed by atoms with Gasteiger partial charge in [0.1, 0.15) is 5.75 Å². The zero-order valence-corrected chi connectivity index (χ0v) is 15.6. The maximum absolute atomic E-state index is 6.33. The fraction of sp³-hybridized carbons (Fsp3) is 0.619. The number of ether oxygens (including phenoxy) is 3. The van der Waals surface area contributed by atoms with E-state index >= 15 is 0 Å². The second-order valence-corrected chi connectivity index (χ2v) is 6.75. The standard InChI is InChI=1S/C21H32O3/c1-5-17(6-2)10-13-20(21(3)14-7-15-24-21)23-16-18-8-11-19(22-4)12-9-18/h5,8-9,11-12,20H,6-7,10,13-16H2,1-4H3/b17-5+/t20-,21+/m0/s1. The van der Waals surface area contributed by atoms with Crippen molar-refractivity contribution in [2.24, 2.45) is 0 Å². The van der Waals surface area contributed by atoms with Gasteiger partial charge in [0.2, 0.25) is 0 Å². The van der Waals surface area contributed by atoms with Crippen molar-refractivity contribution in [3.63, 3.8) is 0 Å². The summed E-state index contributed by atoms with van der Waals surface area (Å²) in [5, 5.41) is 0. The molecule has 1 aliphatic rings. The lowest BCUT2D eigenvalue weighted by atomic mass is 9.90. The lowest BCUT2D eigenvalue weighted by Crippen LogP contribution is -2.40. The molecule has 2 atom stereocenters. The van der Waals surface area contributed by atoms with Gasteiger partial charge in [-0.15, -0.1) is 0 Å². The first-order chi connectivity index (χ1) is 11.6. The van der Waals surface area contributed by atoms with E-state index in [9.17, 15) is 0 Å². The Labute approximate surface area is 147 Å². The summed E-state index contributed by atoms with van der Waals surface area (Å²) in [6.45, 7) is 8.02. The number of methoxy groups -OCH3 is 1. The number of allylic oxidation sites excluding steroid dienone is 2. The van der Waals surface area contributed by atoms with Gasteiger partial charge in [0.25, 0.3) is 0 Å². The fourth-order valence-corrected chi connectivity index (χ4v) is 3.38. The molecule has 1 saturated heterocycles. The Bertz CT molecular complexity index is 512. The molecule has 3 heteroatoms. The maximum Gasteiger partial charge on any atom is 0.118 e. The Kier molecular flexibility index (Phi) is 7.32. The van der Waals surface area contributed by atoms with Crippen molar-refractivity contribution in [2.75, 3.05) is 13.7 Å². The lowest BCUT2D eigenvalue weighted by Gasteiger charge is -2.33. The molecule has 1 aliphatic heterocycles. The molecule has 0 aromatic heterocycles. The topological polar surface area (TPSA) is 27.7 Å². The highest BCUT2D eigenvalue weighted by molar-refractivity contribution is 5.26. The normalized spacial score (nSPS) is 22.6. The highest BCUT2D eigenvalue weighted by Crippen LogP contribution is 2.34. The van der Waals surface area contributed by atoms with E-state index in [-0.39, 0.29) is 11.7 Å². The Morgan fingerprint density at radius 2 is 2.08 bits per heavy atom. The zero-order valence-electron chi connectivity index (χ0n) is 15.6. The first kappa shape index (κ1) is 19.0. The van der Waals surface area contributed by atoms with Crippen LogP contribution in [-0.4, -0.2) is 25.4 Å². The van der Waals surface area contributed by atoms with Crippen LogP contribution in [0.25, 0.3) is 0 Å². The van der Waals surface area contributed by atoms with Crippen LogP contribution in [0.4, 0.5) is 0 Å². The molecule has 3 nitrogen and oxygen atoms in total. The summed E-state index contributed by atoms with van der Waals surface area (Å²) in [4.78, 5) is 0. The van der Waals surface area contributed by atoms with Gasteiger partial charge in [-0.2, -0.15) is 0 Å². The predicted octanol–water partition coefficient (Wildman–Crippen LogP) is 5.29. The van der Waals surface area contributed by atoms with Crippen molar-refractivity contribution in [1.82, 2.24) is 0 Å². The summed E-state index contributed by atoms with van der Waals surface area (Å²) >= 11 is 0. The molecule has 0 amide bonds. The summed E-state index contributed by atoms with van der Waals surface area (Å²) in [5.41, 5.74) is 2.51. The van der Waals surface area contributed by atoms with Gasteiger partial charge in [0.15, 0.2) is 0 Å². The van der Waals surface area contributed by atoms with Crippen molar-refractivity contribution in [3.8, 4) is 5.75 Å². The Balaban J connectivity index is 1.99. The summed E-state index contributed by atoms with van der Waals surface area (Å²) in [7, 11) is 1.69. The molecule has 0 spiro atoms. The number of hydrogen-bond acceptors (Lipinski definition) is 3. The smallest absolute Gasteiger partial charge is 0.118 e. The summed E-state index contributed by atoms with van der Waals surface area (Å²) < 4.78 is 17.6. The number of benzene rings is 1. The van der Waals surface area contributed by atoms with E-state index < -0.39 is 0 Å². The van der Waals surface area contributed by atoms with Gasteiger partial charge in [-0.25, -0.2) is 0 Å². The SMILES string of the molecule is C/C=C(\CC)CC[C@H](OCc1ccc(OC)cc1)[C@@]1(C)CCCO1. The molecule has 1 heterocycles. The van der Waals surface area contributed by atoms with E-state index in [0.29, 0.717) is 6.61 Å². The molecule has 0 unspecified atom stereocenters. The van der Waals surface area contributed by atoms with Gasteiger partial charge in [-0.1, -0.05) is 30.7 Å². The molecule has 1 fully saturated rings. The molecule has 0 aliphatic carbocycles. The van der Waals surface area contributed by atoms with E-state index in [4.69, 9.17) is 14.2 Å². The molecule has 0 bridgehead atoms. The predicted molar refractivity (Wildman–Crippen MR) is 98.4 cm³/mol. The molecule has 0 radical (unpaired) electrons. The van der Waals surface area contributed by atoms with Crippen molar-refractivity contribution in [3.05, 3.63) is 41.5 Å². The van der Waals surface area contributed by atoms with Crippen LogP contribution in [0.3, 0.4) is 0 Å². The Hall–Kier alpha value is -1.32. The average molecular weight is 332 g/mol. The maximum atomic E-state index is 6.33. The third kappa shape index (κ3) is 5.09. The van der Waals surface area contributed by atoms with Crippen molar-refractivity contribution in [2.45, 2.75) is 71.2 Å². The third-order valence-corrected chi connectivity index (χ3v) is 5.13. The van der Waals surface area contributed by atoms with Gasteiger partial charge in [-0.3, -0.25) is 0 Å². The van der Waals surface area contributed by atoms with Crippen LogP contribution >= 0.6 is 0 Å². The first-order valence-electron chi connectivity index (χ1n) is 9.14. The number of hydrogen-bond donors (Lipinski definition) is 0. The van der Waals surface area contributed by atoms with Crippen LogP contribution in [0.1, 0.15) is 58.4 Å². The van der Waals surface area contributed by atoms with Gasteiger partial charge in [-0.05, 0) is 63.6 Å². The highest BCUT2D eigenvalue weighted by atomic mass is 16.6.